The van der Waals surface area contributed by atoms with E-state index in [1.165, 1.54) is 44.0 Å². The molecule has 0 bridgehead atoms. The molecule has 1 amide bonds. The Bertz CT molecular complexity index is 1150. The highest BCUT2D eigenvalue weighted by Crippen LogP contribution is 2.39. The summed E-state index contributed by atoms with van der Waals surface area (Å²) in [5.41, 5.74) is 10.1. The molecule has 4 rings (SSSR count). The molecule has 0 aromatic carbocycles. The summed E-state index contributed by atoms with van der Waals surface area (Å²) in [6.45, 7) is 0.198. The van der Waals surface area contributed by atoms with Crippen molar-refractivity contribution >= 4 is 11.6 Å². The molecule has 1 saturated carbocycles. The number of halogens is 1. The summed E-state index contributed by atoms with van der Waals surface area (Å²) >= 11 is 0. The van der Waals surface area contributed by atoms with Gasteiger partial charge in [-0.2, -0.15) is 5.11 Å². The van der Waals surface area contributed by atoms with Gasteiger partial charge >= 0.3 is 0 Å². The Kier molecular flexibility index (Phi) is 5.87. The van der Waals surface area contributed by atoms with Crippen LogP contribution in [-0.4, -0.2) is 27.4 Å². The molecule has 0 atom stereocenters. The minimum atomic E-state index is -0.645. The van der Waals surface area contributed by atoms with Crippen LogP contribution in [0, 0.1) is 11.3 Å². The lowest BCUT2D eigenvalue weighted by Crippen LogP contribution is -2.26. The van der Waals surface area contributed by atoms with Crippen molar-refractivity contribution in [2.45, 2.75) is 31.8 Å². The summed E-state index contributed by atoms with van der Waals surface area (Å²) in [6, 6.07) is 5.50. The Balaban J connectivity index is 1.35. The second kappa shape index (κ2) is 8.90. The van der Waals surface area contributed by atoms with Gasteiger partial charge in [0.2, 0.25) is 0 Å². The molecule has 160 valence electrons. The minimum Gasteiger partial charge on any atom is -0.494 e. The van der Waals surface area contributed by atoms with E-state index in [-0.39, 0.29) is 23.7 Å². The maximum absolute atomic E-state index is 14.1. The Hall–Kier alpha value is -3.82. The van der Waals surface area contributed by atoms with Gasteiger partial charge in [-0.15, -0.1) is 0 Å². The van der Waals surface area contributed by atoms with Crippen LogP contribution in [0.15, 0.2) is 53.8 Å². The molecule has 1 fully saturated rings. The first kappa shape index (κ1) is 20.5. The largest absolute Gasteiger partial charge is 0.494 e. The topological polar surface area (TPSA) is 117 Å². The molecule has 0 radical (unpaired) electrons. The van der Waals surface area contributed by atoms with Crippen LogP contribution in [0.5, 0.6) is 5.75 Å². The van der Waals surface area contributed by atoms with Crippen molar-refractivity contribution in [2.75, 3.05) is 7.11 Å². The number of nitrogens with zero attached hydrogens (tertiary/aromatic N) is 4. The number of pyridine rings is 2. The zero-order valence-electron chi connectivity index (χ0n) is 16.9. The SMILES string of the molecule is COc1ccnc(CNC(=O)/C(=C/NCc2cn3cc(C4CC4)ccc3n2)N=N)c1F. The summed E-state index contributed by atoms with van der Waals surface area (Å²) in [6.07, 6.45) is 9.22. The van der Waals surface area contributed by atoms with Gasteiger partial charge in [-0.05, 0) is 30.4 Å². The first-order valence-electron chi connectivity index (χ1n) is 9.83. The van der Waals surface area contributed by atoms with Crippen molar-refractivity contribution in [3.8, 4) is 5.75 Å². The highest BCUT2D eigenvalue weighted by Gasteiger charge is 2.23. The number of carbonyl (C=O) groups excluding carboxylic acids is 1. The fraction of sp³-hybridized carbons (Fsp3) is 0.286. The molecule has 9 nitrogen and oxygen atoms in total. The molecule has 1 aliphatic rings. The summed E-state index contributed by atoms with van der Waals surface area (Å²) in [7, 11) is 1.35. The molecule has 0 saturated heterocycles. The van der Waals surface area contributed by atoms with Crippen molar-refractivity contribution in [1.29, 1.82) is 5.53 Å². The van der Waals surface area contributed by atoms with Crippen LogP contribution in [0.25, 0.3) is 5.65 Å². The van der Waals surface area contributed by atoms with Gasteiger partial charge in [-0.3, -0.25) is 9.78 Å². The molecule has 3 heterocycles. The zero-order valence-corrected chi connectivity index (χ0v) is 16.9. The first-order chi connectivity index (χ1) is 15.1. The third-order valence-electron chi connectivity index (χ3n) is 5.01. The maximum Gasteiger partial charge on any atom is 0.273 e. The van der Waals surface area contributed by atoms with Crippen LogP contribution in [0.1, 0.15) is 35.7 Å². The van der Waals surface area contributed by atoms with Gasteiger partial charge in [0.05, 0.1) is 31.6 Å². The molecular weight excluding hydrogens is 401 g/mol. The lowest BCUT2D eigenvalue weighted by atomic mass is 10.2. The number of aromatic nitrogens is 3. The lowest BCUT2D eigenvalue weighted by molar-refractivity contribution is -0.117. The van der Waals surface area contributed by atoms with E-state index in [0.717, 1.165) is 11.3 Å². The van der Waals surface area contributed by atoms with E-state index < -0.39 is 11.7 Å². The monoisotopic (exact) mass is 423 g/mol. The number of rotatable bonds is 9. The second-order valence-corrected chi connectivity index (χ2v) is 7.21. The molecule has 3 aromatic heterocycles. The molecule has 3 aromatic rings. The summed E-state index contributed by atoms with van der Waals surface area (Å²) in [4.78, 5) is 20.7. The molecular formula is C21H22FN7O2. The standard InChI is InChI=1S/C21H22FN7O2/c1-31-18-6-7-25-16(20(18)22)10-26-21(30)17(28-23)9-24-8-15-12-29-11-14(13-2-3-13)4-5-19(29)27-15/h4-7,9,11-13,23-24H,2-3,8,10H2,1H3,(H,26,30)/b17-9-,28-23?. The molecule has 1 aliphatic carbocycles. The van der Waals surface area contributed by atoms with Crippen LogP contribution in [-0.2, 0) is 17.9 Å². The molecule has 10 heteroatoms. The third-order valence-corrected chi connectivity index (χ3v) is 5.01. The highest BCUT2D eigenvalue weighted by molar-refractivity contribution is 5.92. The van der Waals surface area contributed by atoms with Crippen molar-refractivity contribution < 1.29 is 13.9 Å². The molecule has 31 heavy (non-hydrogen) atoms. The smallest absolute Gasteiger partial charge is 0.273 e. The number of carbonyl (C=O) groups is 1. The maximum atomic E-state index is 14.1. The first-order valence-corrected chi connectivity index (χ1v) is 9.83. The quantitative estimate of drug-likeness (QED) is 0.361. The van der Waals surface area contributed by atoms with E-state index in [9.17, 15) is 9.18 Å². The summed E-state index contributed by atoms with van der Waals surface area (Å²) in [5.74, 6) is -0.570. The number of fused-ring (bicyclic) bond motifs is 1. The van der Waals surface area contributed by atoms with Gasteiger partial charge in [-0.1, -0.05) is 6.07 Å². The third kappa shape index (κ3) is 4.68. The predicted octanol–water partition coefficient (Wildman–Crippen LogP) is 3.03. The van der Waals surface area contributed by atoms with Crippen molar-refractivity contribution in [1.82, 2.24) is 25.0 Å². The fourth-order valence-corrected chi connectivity index (χ4v) is 3.21. The molecule has 0 spiro atoms. The van der Waals surface area contributed by atoms with Crippen molar-refractivity contribution in [3.63, 3.8) is 0 Å². The van der Waals surface area contributed by atoms with Crippen LogP contribution < -0.4 is 15.4 Å². The Labute approximate surface area is 177 Å². The number of amides is 1. The fourth-order valence-electron chi connectivity index (χ4n) is 3.21. The van der Waals surface area contributed by atoms with E-state index in [4.69, 9.17) is 10.3 Å². The van der Waals surface area contributed by atoms with Gasteiger partial charge in [0.15, 0.2) is 17.3 Å². The van der Waals surface area contributed by atoms with Gasteiger partial charge in [0.1, 0.15) is 5.65 Å². The Morgan fingerprint density at radius 2 is 2.19 bits per heavy atom. The highest BCUT2D eigenvalue weighted by atomic mass is 19.1. The second-order valence-electron chi connectivity index (χ2n) is 7.21. The van der Waals surface area contributed by atoms with E-state index in [0.29, 0.717) is 12.5 Å². The predicted molar refractivity (Wildman–Crippen MR) is 110 cm³/mol. The van der Waals surface area contributed by atoms with Crippen molar-refractivity contribution in [2.24, 2.45) is 5.11 Å². The summed E-state index contributed by atoms with van der Waals surface area (Å²) in [5, 5.41) is 8.69. The van der Waals surface area contributed by atoms with Crippen LogP contribution in [0.3, 0.4) is 0 Å². The van der Waals surface area contributed by atoms with Gasteiger partial charge in [0, 0.05) is 30.9 Å². The lowest BCUT2D eigenvalue weighted by Gasteiger charge is -2.08. The van der Waals surface area contributed by atoms with Crippen molar-refractivity contribution in [3.05, 3.63) is 71.5 Å². The van der Waals surface area contributed by atoms with E-state index in [1.807, 2.05) is 16.7 Å². The number of nitrogens with one attached hydrogen (secondary N) is 3. The molecule has 0 unspecified atom stereocenters. The average molecular weight is 423 g/mol. The number of imidazole rings is 1. The minimum absolute atomic E-state index is 0.0280. The number of ether oxygens (including phenoxy) is 1. The Morgan fingerprint density at radius 1 is 1.35 bits per heavy atom. The van der Waals surface area contributed by atoms with Gasteiger partial charge in [-0.25, -0.2) is 14.9 Å². The van der Waals surface area contributed by atoms with Crippen LogP contribution >= 0.6 is 0 Å². The molecule has 3 N–H and O–H groups in total. The molecule has 0 aliphatic heterocycles. The number of hydrogen-bond donors (Lipinski definition) is 3. The average Bonchev–Trinajstić information content (AvgIpc) is 3.55. The van der Waals surface area contributed by atoms with E-state index in [1.54, 1.807) is 0 Å². The zero-order chi connectivity index (χ0) is 21.8. The van der Waals surface area contributed by atoms with Gasteiger partial charge < -0.3 is 19.8 Å². The van der Waals surface area contributed by atoms with Crippen LogP contribution in [0.4, 0.5) is 4.39 Å². The number of hydrogen-bond acceptors (Lipinski definition) is 7. The van der Waals surface area contributed by atoms with Crippen LogP contribution in [0.2, 0.25) is 0 Å². The normalized spacial score (nSPS) is 13.8. The van der Waals surface area contributed by atoms with E-state index >= 15 is 0 Å². The Morgan fingerprint density at radius 3 is 2.94 bits per heavy atom. The van der Waals surface area contributed by atoms with E-state index in [2.05, 4.69) is 38.0 Å². The van der Waals surface area contributed by atoms with Gasteiger partial charge in [0.25, 0.3) is 5.91 Å². The number of methoxy groups -OCH3 is 1. The summed E-state index contributed by atoms with van der Waals surface area (Å²) < 4.78 is 21.0.